The molecule has 20 heavy (non-hydrogen) atoms. The van der Waals surface area contributed by atoms with Gasteiger partial charge in [-0.05, 0) is 41.5 Å². The van der Waals surface area contributed by atoms with Gasteiger partial charge < -0.3 is 9.84 Å². The van der Waals surface area contributed by atoms with Gasteiger partial charge in [0, 0.05) is 0 Å². The lowest BCUT2D eigenvalue weighted by molar-refractivity contribution is -0.0498. The molecule has 0 spiro atoms. The Morgan fingerprint density at radius 2 is 1.85 bits per heavy atom. The van der Waals surface area contributed by atoms with Crippen LogP contribution in [0.25, 0.3) is 11.1 Å². The SMILES string of the molecule is O=C(O)c1cc(OC(F)F)cc(-c2cccc(F)c2)c1. The molecule has 0 aliphatic carbocycles. The average Bonchev–Trinajstić information content (AvgIpc) is 2.37. The van der Waals surface area contributed by atoms with Crippen LogP contribution < -0.4 is 4.74 Å². The second-order valence-corrected chi connectivity index (χ2v) is 3.94. The zero-order chi connectivity index (χ0) is 14.7. The number of benzene rings is 2. The molecule has 0 saturated heterocycles. The minimum absolute atomic E-state index is 0.220. The molecule has 0 amide bonds. The van der Waals surface area contributed by atoms with Crippen LogP contribution in [0.15, 0.2) is 42.5 Å². The Morgan fingerprint density at radius 3 is 2.45 bits per heavy atom. The zero-order valence-electron chi connectivity index (χ0n) is 10.0. The number of halogens is 3. The van der Waals surface area contributed by atoms with Crippen LogP contribution in [-0.2, 0) is 0 Å². The van der Waals surface area contributed by atoms with Crippen LogP contribution >= 0.6 is 0 Å². The second-order valence-electron chi connectivity index (χ2n) is 3.94. The monoisotopic (exact) mass is 282 g/mol. The molecule has 0 unspecified atom stereocenters. The van der Waals surface area contributed by atoms with Crippen molar-refractivity contribution in [3.63, 3.8) is 0 Å². The maximum absolute atomic E-state index is 13.2. The van der Waals surface area contributed by atoms with Crippen molar-refractivity contribution >= 4 is 5.97 Å². The van der Waals surface area contributed by atoms with Gasteiger partial charge in [-0.15, -0.1) is 0 Å². The van der Waals surface area contributed by atoms with Crippen LogP contribution in [0.1, 0.15) is 10.4 Å². The standard InChI is InChI=1S/C14H9F3O3/c15-11-3-1-2-8(5-11)9-4-10(13(18)19)7-12(6-9)20-14(16)17/h1-7,14H,(H,18,19). The van der Waals surface area contributed by atoms with E-state index in [1.807, 2.05) is 0 Å². The molecule has 0 aromatic heterocycles. The number of rotatable bonds is 4. The number of hydrogen-bond acceptors (Lipinski definition) is 2. The molecule has 0 heterocycles. The smallest absolute Gasteiger partial charge is 0.387 e. The highest BCUT2D eigenvalue weighted by Gasteiger charge is 2.12. The van der Waals surface area contributed by atoms with Crippen LogP contribution in [0, 0.1) is 5.82 Å². The van der Waals surface area contributed by atoms with Crippen molar-refractivity contribution in [3.8, 4) is 16.9 Å². The Morgan fingerprint density at radius 1 is 1.10 bits per heavy atom. The molecule has 0 aliphatic heterocycles. The molecule has 1 N–H and O–H groups in total. The van der Waals surface area contributed by atoms with Crippen LogP contribution in [0.2, 0.25) is 0 Å². The fraction of sp³-hybridized carbons (Fsp3) is 0.0714. The summed E-state index contributed by atoms with van der Waals surface area (Å²) in [6.45, 7) is -3.07. The normalized spacial score (nSPS) is 10.6. The molecule has 0 fully saturated rings. The molecule has 0 radical (unpaired) electrons. The van der Waals surface area contributed by atoms with Gasteiger partial charge in [-0.3, -0.25) is 0 Å². The highest BCUT2D eigenvalue weighted by atomic mass is 19.3. The molecule has 0 atom stereocenters. The minimum atomic E-state index is -3.07. The van der Waals surface area contributed by atoms with Crippen LogP contribution in [-0.4, -0.2) is 17.7 Å². The predicted molar refractivity (Wildman–Crippen MR) is 65.4 cm³/mol. The van der Waals surface area contributed by atoms with Crippen molar-refractivity contribution in [2.75, 3.05) is 0 Å². The Bertz CT molecular complexity index is 641. The van der Waals surface area contributed by atoms with Crippen molar-refractivity contribution in [1.29, 1.82) is 0 Å². The summed E-state index contributed by atoms with van der Waals surface area (Å²) in [4.78, 5) is 11.0. The van der Waals surface area contributed by atoms with Crippen molar-refractivity contribution in [3.05, 3.63) is 53.8 Å². The lowest BCUT2D eigenvalue weighted by Crippen LogP contribution is -2.04. The third-order valence-corrected chi connectivity index (χ3v) is 2.54. The summed E-state index contributed by atoms with van der Waals surface area (Å²) in [5.74, 6) is -2.10. The van der Waals surface area contributed by atoms with Gasteiger partial charge in [-0.2, -0.15) is 8.78 Å². The van der Waals surface area contributed by atoms with E-state index < -0.39 is 18.4 Å². The van der Waals surface area contributed by atoms with Gasteiger partial charge in [0.25, 0.3) is 0 Å². The summed E-state index contributed by atoms with van der Waals surface area (Å²) < 4.78 is 41.8. The molecule has 3 nitrogen and oxygen atoms in total. The Kier molecular flexibility index (Phi) is 3.93. The summed E-state index contributed by atoms with van der Waals surface area (Å²) in [7, 11) is 0. The number of carboxylic acids is 1. The summed E-state index contributed by atoms with van der Waals surface area (Å²) in [6.07, 6.45) is 0. The number of carboxylic acid groups (broad SMARTS) is 1. The van der Waals surface area contributed by atoms with Gasteiger partial charge in [0.15, 0.2) is 0 Å². The molecular weight excluding hydrogens is 273 g/mol. The first kappa shape index (κ1) is 13.9. The lowest BCUT2D eigenvalue weighted by Gasteiger charge is -2.09. The van der Waals surface area contributed by atoms with Crippen molar-refractivity contribution in [2.24, 2.45) is 0 Å². The third-order valence-electron chi connectivity index (χ3n) is 2.54. The maximum atomic E-state index is 13.2. The first-order valence-electron chi connectivity index (χ1n) is 5.55. The summed E-state index contributed by atoms with van der Waals surface area (Å²) in [6, 6.07) is 8.84. The van der Waals surface area contributed by atoms with Gasteiger partial charge in [-0.1, -0.05) is 12.1 Å². The van der Waals surface area contributed by atoms with Crippen molar-refractivity contribution in [2.45, 2.75) is 6.61 Å². The van der Waals surface area contributed by atoms with Crippen LogP contribution in [0.5, 0.6) is 5.75 Å². The van der Waals surface area contributed by atoms with E-state index in [-0.39, 0.29) is 16.9 Å². The molecule has 0 aliphatic rings. The van der Waals surface area contributed by atoms with Crippen LogP contribution in [0.3, 0.4) is 0 Å². The summed E-state index contributed by atoms with van der Waals surface area (Å²) in [5.41, 5.74) is 0.426. The van der Waals surface area contributed by atoms with E-state index in [1.54, 1.807) is 0 Å². The van der Waals surface area contributed by atoms with Crippen molar-refractivity contribution in [1.82, 2.24) is 0 Å². The summed E-state index contributed by atoms with van der Waals surface area (Å²) in [5, 5.41) is 8.95. The van der Waals surface area contributed by atoms with Gasteiger partial charge in [0.05, 0.1) is 5.56 Å². The van der Waals surface area contributed by atoms with Gasteiger partial charge in [-0.25, -0.2) is 9.18 Å². The van der Waals surface area contributed by atoms with Gasteiger partial charge in [0.1, 0.15) is 11.6 Å². The van der Waals surface area contributed by atoms with E-state index in [1.165, 1.54) is 36.4 Å². The van der Waals surface area contributed by atoms with Gasteiger partial charge >= 0.3 is 12.6 Å². The first-order valence-corrected chi connectivity index (χ1v) is 5.55. The Balaban J connectivity index is 2.51. The Hall–Kier alpha value is -2.50. The number of alkyl halides is 2. The zero-order valence-corrected chi connectivity index (χ0v) is 10.0. The van der Waals surface area contributed by atoms with E-state index >= 15 is 0 Å². The summed E-state index contributed by atoms with van der Waals surface area (Å²) >= 11 is 0. The van der Waals surface area contributed by atoms with E-state index in [9.17, 15) is 18.0 Å². The third kappa shape index (κ3) is 3.28. The molecule has 2 rings (SSSR count). The van der Waals surface area contributed by atoms with Crippen molar-refractivity contribution < 1.29 is 27.8 Å². The predicted octanol–water partition coefficient (Wildman–Crippen LogP) is 3.79. The molecule has 2 aromatic carbocycles. The molecule has 6 heteroatoms. The number of aromatic carboxylic acids is 1. The van der Waals surface area contributed by atoms with Crippen LogP contribution in [0.4, 0.5) is 13.2 Å². The maximum Gasteiger partial charge on any atom is 0.387 e. The molecule has 2 aromatic rings. The molecular formula is C14H9F3O3. The van der Waals surface area contributed by atoms with E-state index in [0.29, 0.717) is 5.56 Å². The van der Waals surface area contributed by atoms with E-state index in [0.717, 1.165) is 6.07 Å². The highest BCUT2D eigenvalue weighted by Crippen LogP contribution is 2.27. The van der Waals surface area contributed by atoms with E-state index in [4.69, 9.17) is 5.11 Å². The molecule has 104 valence electrons. The molecule has 0 saturated carbocycles. The first-order chi connectivity index (χ1) is 9.45. The lowest BCUT2D eigenvalue weighted by atomic mass is 10.0. The number of carbonyl (C=O) groups is 1. The largest absolute Gasteiger partial charge is 0.478 e. The molecule has 0 bridgehead atoms. The fourth-order valence-electron chi connectivity index (χ4n) is 1.73. The number of hydrogen-bond donors (Lipinski definition) is 1. The topological polar surface area (TPSA) is 46.5 Å². The Labute approximate surface area is 112 Å². The van der Waals surface area contributed by atoms with E-state index in [2.05, 4.69) is 4.74 Å². The average molecular weight is 282 g/mol. The minimum Gasteiger partial charge on any atom is -0.478 e. The fourth-order valence-corrected chi connectivity index (χ4v) is 1.73. The second kappa shape index (κ2) is 5.64. The number of ether oxygens (including phenoxy) is 1. The quantitative estimate of drug-likeness (QED) is 0.928. The van der Waals surface area contributed by atoms with Gasteiger partial charge in [0.2, 0.25) is 0 Å². The highest BCUT2D eigenvalue weighted by molar-refractivity contribution is 5.90.